The zero-order valence-corrected chi connectivity index (χ0v) is 11.8. The number of nitrogens with one attached hydrogen (secondary N) is 1. The maximum atomic E-state index is 12.9. The van der Waals surface area contributed by atoms with Crippen molar-refractivity contribution >= 4 is 27.6 Å². The number of hydrogen-bond acceptors (Lipinski definition) is 3. The predicted octanol–water partition coefficient (Wildman–Crippen LogP) is 2.97. The molecule has 5 heteroatoms. The fourth-order valence-corrected chi connectivity index (χ4v) is 3.58. The van der Waals surface area contributed by atoms with E-state index in [1.807, 2.05) is 28.8 Å². The number of benzene rings is 1. The molecule has 1 saturated carbocycles. The Hall–Kier alpha value is -2.30. The van der Waals surface area contributed by atoms with E-state index in [1.165, 1.54) is 19.3 Å². The molecule has 1 aromatic carbocycles. The van der Waals surface area contributed by atoms with Crippen LogP contribution in [0, 0.1) is 0 Å². The smallest absolute Gasteiger partial charge is 0.260 e. The van der Waals surface area contributed by atoms with Crippen molar-refractivity contribution < 1.29 is 0 Å². The number of pyridine rings is 1. The second-order valence-electron chi connectivity index (χ2n) is 5.85. The predicted molar refractivity (Wildman–Crippen MR) is 84.4 cm³/mol. The Balaban J connectivity index is 2.12. The van der Waals surface area contributed by atoms with Crippen LogP contribution in [0.1, 0.15) is 38.1 Å². The van der Waals surface area contributed by atoms with E-state index in [4.69, 9.17) is 5.73 Å². The number of hydrogen-bond donors (Lipinski definition) is 2. The number of aromatic nitrogens is 3. The molecule has 0 radical (unpaired) electrons. The summed E-state index contributed by atoms with van der Waals surface area (Å²) in [7, 11) is 0. The topological polar surface area (TPSA) is 76.7 Å². The van der Waals surface area contributed by atoms with E-state index >= 15 is 0 Å². The second kappa shape index (κ2) is 4.62. The van der Waals surface area contributed by atoms with Gasteiger partial charge in [-0.2, -0.15) is 5.10 Å². The minimum absolute atomic E-state index is 0.0523. The van der Waals surface area contributed by atoms with Gasteiger partial charge >= 0.3 is 0 Å². The molecule has 0 spiro atoms. The third kappa shape index (κ3) is 1.77. The van der Waals surface area contributed by atoms with E-state index in [9.17, 15) is 4.79 Å². The molecule has 0 aliphatic heterocycles. The number of nitrogen functional groups attached to an aromatic ring is 1. The molecule has 4 rings (SSSR count). The lowest BCUT2D eigenvalue weighted by molar-refractivity contribution is 0.354. The zero-order valence-electron chi connectivity index (χ0n) is 11.8. The third-order valence-electron chi connectivity index (χ3n) is 4.59. The molecule has 0 unspecified atom stereocenters. The van der Waals surface area contributed by atoms with Crippen LogP contribution in [0.25, 0.3) is 21.8 Å². The van der Waals surface area contributed by atoms with Crippen molar-refractivity contribution in [2.45, 2.75) is 38.1 Å². The van der Waals surface area contributed by atoms with Gasteiger partial charge in [-0.3, -0.25) is 14.5 Å². The minimum Gasteiger partial charge on any atom is -0.383 e. The lowest BCUT2D eigenvalue weighted by Crippen LogP contribution is -2.27. The van der Waals surface area contributed by atoms with Crippen LogP contribution in [0.5, 0.6) is 0 Å². The summed E-state index contributed by atoms with van der Waals surface area (Å²) in [6, 6.07) is 7.88. The SMILES string of the molecule is Nc1[nH]nc2c1c1ccccc1c(=O)n2C1CCCCC1. The summed E-state index contributed by atoms with van der Waals surface area (Å²) in [5.41, 5.74) is 6.81. The van der Waals surface area contributed by atoms with Gasteiger partial charge in [-0.05, 0) is 18.9 Å². The Morgan fingerprint density at radius 2 is 1.86 bits per heavy atom. The average Bonchev–Trinajstić information content (AvgIpc) is 2.91. The largest absolute Gasteiger partial charge is 0.383 e. The number of nitrogens with zero attached hydrogens (tertiary/aromatic N) is 2. The highest BCUT2D eigenvalue weighted by atomic mass is 16.1. The van der Waals surface area contributed by atoms with E-state index in [0.717, 1.165) is 29.0 Å². The van der Waals surface area contributed by atoms with Gasteiger partial charge in [0.1, 0.15) is 5.82 Å². The molecule has 2 heterocycles. The third-order valence-corrected chi connectivity index (χ3v) is 4.59. The number of anilines is 1. The highest BCUT2D eigenvalue weighted by Crippen LogP contribution is 2.32. The van der Waals surface area contributed by atoms with E-state index in [2.05, 4.69) is 10.2 Å². The Labute approximate surface area is 121 Å². The normalized spacial score (nSPS) is 16.8. The molecular formula is C16H18N4O. The van der Waals surface area contributed by atoms with Crippen molar-refractivity contribution in [3.63, 3.8) is 0 Å². The summed E-state index contributed by atoms with van der Waals surface area (Å²) in [6.45, 7) is 0. The lowest BCUT2D eigenvalue weighted by Gasteiger charge is -2.24. The molecule has 1 aliphatic carbocycles. The molecule has 3 N–H and O–H groups in total. The first-order valence-corrected chi connectivity index (χ1v) is 7.54. The first kappa shape index (κ1) is 12.4. The number of H-pyrrole nitrogens is 1. The van der Waals surface area contributed by atoms with E-state index < -0.39 is 0 Å². The monoisotopic (exact) mass is 282 g/mol. The number of nitrogens with two attached hydrogens (primary N) is 1. The van der Waals surface area contributed by atoms with Crippen LogP contribution >= 0.6 is 0 Å². The van der Waals surface area contributed by atoms with Gasteiger partial charge in [-0.1, -0.05) is 37.5 Å². The summed E-state index contributed by atoms with van der Waals surface area (Å²) in [5, 5.41) is 9.64. The summed E-state index contributed by atoms with van der Waals surface area (Å²) in [4.78, 5) is 12.9. The summed E-state index contributed by atoms with van der Waals surface area (Å²) >= 11 is 0. The van der Waals surface area contributed by atoms with Gasteiger partial charge in [0.15, 0.2) is 5.65 Å². The van der Waals surface area contributed by atoms with Gasteiger partial charge in [-0.15, -0.1) is 0 Å². The van der Waals surface area contributed by atoms with Crippen molar-refractivity contribution in [2.75, 3.05) is 5.73 Å². The van der Waals surface area contributed by atoms with Crippen LogP contribution in [0.3, 0.4) is 0 Å². The van der Waals surface area contributed by atoms with Gasteiger partial charge in [-0.25, -0.2) is 0 Å². The fourth-order valence-electron chi connectivity index (χ4n) is 3.58. The molecule has 1 fully saturated rings. The van der Waals surface area contributed by atoms with Crippen molar-refractivity contribution in [3.05, 3.63) is 34.6 Å². The van der Waals surface area contributed by atoms with Crippen LogP contribution in [-0.4, -0.2) is 14.8 Å². The highest BCUT2D eigenvalue weighted by molar-refractivity contribution is 6.09. The Bertz CT molecular complexity index is 871. The first-order chi connectivity index (χ1) is 10.3. The van der Waals surface area contributed by atoms with Crippen molar-refractivity contribution in [3.8, 4) is 0 Å². The molecule has 0 bridgehead atoms. The van der Waals surface area contributed by atoms with Crippen LogP contribution < -0.4 is 11.3 Å². The molecule has 5 nitrogen and oxygen atoms in total. The van der Waals surface area contributed by atoms with Gasteiger partial charge in [0.05, 0.1) is 5.39 Å². The zero-order chi connectivity index (χ0) is 14.4. The maximum Gasteiger partial charge on any atom is 0.260 e. The van der Waals surface area contributed by atoms with E-state index in [0.29, 0.717) is 11.5 Å². The average molecular weight is 282 g/mol. The highest BCUT2D eigenvalue weighted by Gasteiger charge is 2.22. The molecule has 0 saturated heterocycles. The Morgan fingerprint density at radius 3 is 2.62 bits per heavy atom. The maximum absolute atomic E-state index is 12.9. The molecular weight excluding hydrogens is 264 g/mol. The number of rotatable bonds is 1. The van der Waals surface area contributed by atoms with Gasteiger partial charge in [0.2, 0.25) is 0 Å². The molecule has 21 heavy (non-hydrogen) atoms. The van der Waals surface area contributed by atoms with Crippen molar-refractivity contribution in [1.82, 2.24) is 14.8 Å². The quantitative estimate of drug-likeness (QED) is 0.720. The summed E-state index contributed by atoms with van der Waals surface area (Å²) in [5.74, 6) is 0.533. The molecule has 108 valence electrons. The standard InChI is InChI=1S/C16H18N4O/c17-14-13-11-8-4-5-9-12(11)16(21)20(15(13)19-18-14)10-6-2-1-3-7-10/h4-5,8-10H,1-3,6-7H2,(H3,17,18,19). The van der Waals surface area contributed by atoms with Crippen LogP contribution in [0.15, 0.2) is 29.1 Å². The van der Waals surface area contributed by atoms with E-state index in [1.54, 1.807) is 0 Å². The van der Waals surface area contributed by atoms with Gasteiger partial charge < -0.3 is 5.73 Å². The molecule has 3 aromatic rings. The number of fused-ring (bicyclic) bond motifs is 3. The Morgan fingerprint density at radius 1 is 1.14 bits per heavy atom. The molecule has 1 aliphatic rings. The second-order valence-corrected chi connectivity index (χ2v) is 5.85. The Kier molecular flexibility index (Phi) is 2.74. The van der Waals surface area contributed by atoms with Gasteiger partial charge in [0, 0.05) is 16.8 Å². The molecule has 0 amide bonds. The van der Waals surface area contributed by atoms with Crippen LogP contribution in [-0.2, 0) is 0 Å². The fraction of sp³-hybridized carbons (Fsp3) is 0.375. The van der Waals surface area contributed by atoms with Crippen LogP contribution in [0.2, 0.25) is 0 Å². The molecule has 2 aromatic heterocycles. The van der Waals surface area contributed by atoms with Crippen molar-refractivity contribution in [2.24, 2.45) is 0 Å². The minimum atomic E-state index is 0.0523. The summed E-state index contributed by atoms with van der Waals surface area (Å²) < 4.78 is 1.86. The lowest BCUT2D eigenvalue weighted by atomic mass is 9.94. The van der Waals surface area contributed by atoms with Crippen molar-refractivity contribution in [1.29, 1.82) is 0 Å². The van der Waals surface area contributed by atoms with E-state index in [-0.39, 0.29) is 11.6 Å². The first-order valence-electron chi connectivity index (χ1n) is 7.54. The molecule has 0 atom stereocenters. The van der Waals surface area contributed by atoms with Gasteiger partial charge in [0.25, 0.3) is 5.56 Å². The summed E-state index contributed by atoms with van der Waals surface area (Å²) in [6.07, 6.45) is 5.68. The number of aromatic amines is 1. The van der Waals surface area contributed by atoms with Crippen LogP contribution in [0.4, 0.5) is 5.82 Å².